The molecule has 3 N–H and O–H groups in total. The van der Waals surface area contributed by atoms with Gasteiger partial charge in [0.25, 0.3) is 0 Å². The van der Waals surface area contributed by atoms with Crippen molar-refractivity contribution in [3.05, 3.63) is 0 Å². The average Bonchev–Trinajstić information content (AvgIpc) is 2.16. The van der Waals surface area contributed by atoms with Crippen LogP contribution in [0.15, 0.2) is 0 Å². The Kier molecular flexibility index (Phi) is 6.26. The number of amides is 2. The van der Waals surface area contributed by atoms with Crippen LogP contribution in [0.4, 0.5) is 4.79 Å². The summed E-state index contributed by atoms with van der Waals surface area (Å²) in [5, 5.41) is 19.9. The highest BCUT2D eigenvalue weighted by molar-refractivity contribution is 5.74. The van der Waals surface area contributed by atoms with Crippen LogP contribution in [0.25, 0.3) is 0 Å². The first-order valence-corrected chi connectivity index (χ1v) is 4.46. The molecule has 0 atom stereocenters. The average molecular weight is 190 g/mol. The third-order valence-corrected chi connectivity index (χ3v) is 1.82. The molecule has 0 aliphatic heterocycles. The highest BCUT2D eigenvalue weighted by atomic mass is 16.3. The molecule has 0 aromatic carbocycles. The van der Waals surface area contributed by atoms with E-state index in [2.05, 4.69) is 5.32 Å². The first-order valence-electron chi connectivity index (χ1n) is 4.46. The molecular formula is C8H18N2O3. The molecule has 0 fully saturated rings. The molecule has 0 radical (unpaired) electrons. The molecule has 0 aliphatic carbocycles. The van der Waals surface area contributed by atoms with Crippen LogP contribution in [-0.2, 0) is 0 Å². The molecule has 0 aliphatic rings. The Hall–Kier alpha value is -0.810. The molecule has 0 aromatic heterocycles. The number of carbonyl (C=O) groups is 1. The largest absolute Gasteiger partial charge is 0.394 e. The van der Waals surface area contributed by atoms with Crippen molar-refractivity contribution in [1.29, 1.82) is 0 Å². The zero-order valence-corrected chi connectivity index (χ0v) is 8.16. The summed E-state index contributed by atoms with van der Waals surface area (Å²) in [7, 11) is 0. The molecule has 0 saturated carbocycles. The smallest absolute Gasteiger partial charge is 0.317 e. The summed E-state index contributed by atoms with van der Waals surface area (Å²) in [6.45, 7) is 4.48. The van der Waals surface area contributed by atoms with Crippen molar-refractivity contribution < 1.29 is 15.0 Å². The maximum Gasteiger partial charge on any atom is 0.317 e. The molecular weight excluding hydrogens is 172 g/mol. The van der Waals surface area contributed by atoms with Crippen molar-refractivity contribution in [1.82, 2.24) is 10.2 Å². The van der Waals surface area contributed by atoms with E-state index in [1.807, 2.05) is 13.8 Å². The molecule has 0 aromatic rings. The molecule has 0 saturated heterocycles. The number of hydrogen-bond donors (Lipinski definition) is 3. The van der Waals surface area contributed by atoms with Gasteiger partial charge in [-0.05, 0) is 13.8 Å². The monoisotopic (exact) mass is 190 g/mol. The van der Waals surface area contributed by atoms with Gasteiger partial charge in [0, 0.05) is 13.1 Å². The van der Waals surface area contributed by atoms with E-state index in [1.54, 1.807) is 4.90 Å². The number of urea groups is 1. The lowest BCUT2D eigenvalue weighted by Gasteiger charge is -2.22. The van der Waals surface area contributed by atoms with E-state index < -0.39 is 6.04 Å². The molecule has 5 nitrogen and oxygen atoms in total. The van der Waals surface area contributed by atoms with Crippen LogP contribution in [0.5, 0.6) is 0 Å². The van der Waals surface area contributed by atoms with E-state index in [4.69, 9.17) is 10.2 Å². The third kappa shape index (κ3) is 4.10. The first kappa shape index (κ1) is 12.2. The standard InChI is InChI=1S/C8H18N2O3/c1-3-10(4-2)8(13)9-7(5-11)6-12/h7,11-12H,3-6H2,1-2H3,(H,9,13). The van der Waals surface area contributed by atoms with Gasteiger partial charge in [-0.2, -0.15) is 0 Å². The Morgan fingerprint density at radius 2 is 1.77 bits per heavy atom. The lowest BCUT2D eigenvalue weighted by molar-refractivity contribution is 0.155. The van der Waals surface area contributed by atoms with E-state index in [-0.39, 0.29) is 19.2 Å². The molecule has 5 heteroatoms. The minimum Gasteiger partial charge on any atom is -0.394 e. The number of rotatable bonds is 5. The molecule has 2 amide bonds. The minimum atomic E-state index is -0.562. The summed E-state index contributed by atoms with van der Waals surface area (Å²) in [5.74, 6) is 0. The van der Waals surface area contributed by atoms with Gasteiger partial charge < -0.3 is 20.4 Å². The fraction of sp³-hybridized carbons (Fsp3) is 0.875. The Balaban J connectivity index is 3.95. The fourth-order valence-electron chi connectivity index (χ4n) is 0.926. The molecule has 0 unspecified atom stereocenters. The quantitative estimate of drug-likeness (QED) is 0.541. The van der Waals surface area contributed by atoms with Crippen molar-refractivity contribution in [2.45, 2.75) is 19.9 Å². The molecule has 0 spiro atoms. The highest BCUT2D eigenvalue weighted by Gasteiger charge is 2.13. The number of carbonyl (C=O) groups excluding carboxylic acids is 1. The molecule has 0 bridgehead atoms. The van der Waals surface area contributed by atoms with Gasteiger partial charge in [0.1, 0.15) is 0 Å². The van der Waals surface area contributed by atoms with Gasteiger partial charge >= 0.3 is 6.03 Å². The second-order valence-corrected chi connectivity index (χ2v) is 2.68. The second-order valence-electron chi connectivity index (χ2n) is 2.68. The summed E-state index contributed by atoms with van der Waals surface area (Å²) in [4.78, 5) is 12.9. The van der Waals surface area contributed by atoms with E-state index >= 15 is 0 Å². The Morgan fingerprint density at radius 3 is 2.08 bits per heavy atom. The summed E-state index contributed by atoms with van der Waals surface area (Å²) in [5.41, 5.74) is 0. The lowest BCUT2D eigenvalue weighted by atomic mass is 10.3. The SMILES string of the molecule is CCN(CC)C(=O)NC(CO)CO. The van der Waals surface area contributed by atoms with E-state index in [1.165, 1.54) is 0 Å². The maximum absolute atomic E-state index is 11.3. The molecule has 0 heterocycles. The van der Waals surface area contributed by atoms with Crippen molar-refractivity contribution in [2.24, 2.45) is 0 Å². The fourth-order valence-corrected chi connectivity index (χ4v) is 0.926. The van der Waals surface area contributed by atoms with Crippen molar-refractivity contribution in [3.63, 3.8) is 0 Å². The van der Waals surface area contributed by atoms with Crippen molar-refractivity contribution in [3.8, 4) is 0 Å². The van der Waals surface area contributed by atoms with E-state index in [9.17, 15) is 4.79 Å². The van der Waals surface area contributed by atoms with Gasteiger partial charge in [-0.1, -0.05) is 0 Å². The number of aliphatic hydroxyl groups excluding tert-OH is 2. The van der Waals surface area contributed by atoms with Crippen LogP contribution >= 0.6 is 0 Å². The Morgan fingerprint density at radius 1 is 1.31 bits per heavy atom. The Labute approximate surface area is 78.4 Å². The maximum atomic E-state index is 11.3. The summed E-state index contributed by atoms with van der Waals surface area (Å²) >= 11 is 0. The van der Waals surface area contributed by atoms with Crippen LogP contribution in [0, 0.1) is 0 Å². The second kappa shape index (κ2) is 6.68. The van der Waals surface area contributed by atoms with Crippen LogP contribution in [0.1, 0.15) is 13.8 Å². The summed E-state index contributed by atoms with van der Waals surface area (Å²) in [6, 6.07) is -0.814. The predicted molar refractivity (Wildman–Crippen MR) is 49.4 cm³/mol. The van der Waals surface area contributed by atoms with E-state index in [0.29, 0.717) is 13.1 Å². The number of nitrogens with zero attached hydrogens (tertiary/aromatic N) is 1. The first-order chi connectivity index (χ1) is 6.19. The van der Waals surface area contributed by atoms with Gasteiger partial charge in [0.2, 0.25) is 0 Å². The van der Waals surface area contributed by atoms with Crippen LogP contribution in [0.2, 0.25) is 0 Å². The molecule has 78 valence electrons. The molecule has 13 heavy (non-hydrogen) atoms. The van der Waals surface area contributed by atoms with Gasteiger partial charge in [0.15, 0.2) is 0 Å². The highest BCUT2D eigenvalue weighted by Crippen LogP contribution is 1.90. The molecule has 0 rings (SSSR count). The van der Waals surface area contributed by atoms with Crippen LogP contribution in [0.3, 0.4) is 0 Å². The van der Waals surface area contributed by atoms with Gasteiger partial charge in [0.05, 0.1) is 19.3 Å². The van der Waals surface area contributed by atoms with Crippen LogP contribution in [-0.4, -0.2) is 53.5 Å². The van der Waals surface area contributed by atoms with E-state index in [0.717, 1.165) is 0 Å². The zero-order chi connectivity index (χ0) is 10.3. The predicted octanol–water partition coefficient (Wildman–Crippen LogP) is -0.609. The number of hydrogen-bond acceptors (Lipinski definition) is 3. The zero-order valence-electron chi connectivity index (χ0n) is 8.16. The number of aliphatic hydroxyl groups is 2. The third-order valence-electron chi connectivity index (χ3n) is 1.82. The summed E-state index contributed by atoms with van der Waals surface area (Å²) < 4.78 is 0. The van der Waals surface area contributed by atoms with Gasteiger partial charge in [-0.25, -0.2) is 4.79 Å². The van der Waals surface area contributed by atoms with Gasteiger partial charge in [-0.3, -0.25) is 0 Å². The normalized spacial score (nSPS) is 10.2. The summed E-state index contributed by atoms with van der Waals surface area (Å²) in [6.07, 6.45) is 0. The minimum absolute atomic E-state index is 0.247. The van der Waals surface area contributed by atoms with Gasteiger partial charge in [-0.15, -0.1) is 0 Å². The Bertz CT molecular complexity index is 144. The van der Waals surface area contributed by atoms with Crippen LogP contribution < -0.4 is 5.32 Å². The number of nitrogens with one attached hydrogen (secondary N) is 1. The topological polar surface area (TPSA) is 72.8 Å². The van der Waals surface area contributed by atoms with Crippen molar-refractivity contribution >= 4 is 6.03 Å². The van der Waals surface area contributed by atoms with Crippen molar-refractivity contribution in [2.75, 3.05) is 26.3 Å². The lowest BCUT2D eigenvalue weighted by Crippen LogP contribution is -2.47.